The third kappa shape index (κ3) is 4.01. The summed E-state index contributed by atoms with van der Waals surface area (Å²) in [4.78, 5) is 12.1. The van der Waals surface area contributed by atoms with Crippen LogP contribution in [0.3, 0.4) is 0 Å². The van der Waals surface area contributed by atoms with Gasteiger partial charge in [-0.3, -0.25) is 0 Å². The van der Waals surface area contributed by atoms with Gasteiger partial charge in [0.1, 0.15) is 0 Å². The fourth-order valence-electron chi connectivity index (χ4n) is 6.17. The molecule has 1 fully saturated rings. The van der Waals surface area contributed by atoms with Crippen molar-refractivity contribution in [3.8, 4) is 16.9 Å². The first-order valence-electron chi connectivity index (χ1n) is 13.3. The second kappa shape index (κ2) is 8.88. The summed E-state index contributed by atoms with van der Waals surface area (Å²) in [6.07, 6.45) is 6.36. The average Bonchev–Trinajstić information content (AvgIpc) is 3.20. The SMILES string of the molecule is Nc1nc(Nc2ccc3c(c2)CC[C@@H](N)CC3)nn1-c1cc(-c2ccccc2)c2c(n1)C1CCN2CC1. The lowest BCUT2D eigenvalue weighted by Gasteiger charge is -2.42. The van der Waals surface area contributed by atoms with Crippen molar-refractivity contribution in [1.82, 2.24) is 19.7 Å². The van der Waals surface area contributed by atoms with Crippen LogP contribution in [0.2, 0.25) is 0 Å². The molecule has 2 aromatic carbocycles. The normalized spacial score (nSPS) is 18.8. The number of pyridine rings is 1. The van der Waals surface area contributed by atoms with Gasteiger partial charge in [0.25, 0.3) is 0 Å². The van der Waals surface area contributed by atoms with Crippen LogP contribution in [-0.4, -0.2) is 38.9 Å². The zero-order valence-electron chi connectivity index (χ0n) is 20.9. The molecule has 188 valence electrons. The van der Waals surface area contributed by atoms with Crippen LogP contribution in [0.25, 0.3) is 16.9 Å². The van der Waals surface area contributed by atoms with Crippen molar-refractivity contribution in [2.45, 2.75) is 50.5 Å². The molecule has 4 aromatic rings. The molecule has 0 spiro atoms. The first kappa shape index (κ1) is 22.3. The first-order valence-corrected chi connectivity index (χ1v) is 13.3. The van der Waals surface area contributed by atoms with E-state index >= 15 is 0 Å². The third-order valence-corrected chi connectivity index (χ3v) is 8.17. The Morgan fingerprint density at radius 2 is 1.65 bits per heavy atom. The van der Waals surface area contributed by atoms with Crippen molar-refractivity contribution in [3.63, 3.8) is 0 Å². The average molecular weight is 493 g/mol. The van der Waals surface area contributed by atoms with Crippen molar-refractivity contribution in [1.29, 1.82) is 0 Å². The molecule has 1 atom stereocenters. The minimum atomic E-state index is 0.276. The summed E-state index contributed by atoms with van der Waals surface area (Å²) in [6.45, 7) is 2.18. The number of nitrogen functional groups attached to an aromatic ring is 1. The maximum Gasteiger partial charge on any atom is 0.248 e. The van der Waals surface area contributed by atoms with Crippen molar-refractivity contribution in [3.05, 3.63) is 71.4 Å². The van der Waals surface area contributed by atoms with E-state index in [1.165, 1.54) is 27.9 Å². The summed E-state index contributed by atoms with van der Waals surface area (Å²) in [5, 5.41) is 8.10. The van der Waals surface area contributed by atoms with Crippen molar-refractivity contribution in [2.24, 2.45) is 5.73 Å². The van der Waals surface area contributed by atoms with Gasteiger partial charge in [-0.25, -0.2) is 4.98 Å². The summed E-state index contributed by atoms with van der Waals surface area (Å²) >= 11 is 0. The molecule has 5 heterocycles. The van der Waals surface area contributed by atoms with E-state index in [9.17, 15) is 0 Å². The van der Waals surface area contributed by atoms with Gasteiger partial charge in [0, 0.05) is 36.3 Å². The number of rotatable bonds is 4. The second-order valence-corrected chi connectivity index (χ2v) is 10.5. The van der Waals surface area contributed by atoms with Gasteiger partial charge in [0.2, 0.25) is 11.9 Å². The van der Waals surface area contributed by atoms with E-state index in [-0.39, 0.29) is 6.04 Å². The van der Waals surface area contributed by atoms with Crippen LogP contribution in [0.1, 0.15) is 48.4 Å². The number of hydrogen-bond donors (Lipinski definition) is 3. The Morgan fingerprint density at radius 1 is 0.865 bits per heavy atom. The fraction of sp³-hybridized carbons (Fsp3) is 0.345. The monoisotopic (exact) mass is 492 g/mol. The van der Waals surface area contributed by atoms with E-state index in [4.69, 9.17) is 21.5 Å². The van der Waals surface area contributed by atoms with Gasteiger partial charge in [0.15, 0.2) is 5.82 Å². The molecule has 1 saturated heterocycles. The molecule has 0 radical (unpaired) electrons. The van der Waals surface area contributed by atoms with Gasteiger partial charge in [-0.15, -0.1) is 5.10 Å². The van der Waals surface area contributed by atoms with Gasteiger partial charge in [-0.05, 0) is 73.4 Å². The molecular formula is C29H32N8. The van der Waals surface area contributed by atoms with E-state index in [0.29, 0.717) is 23.6 Å². The van der Waals surface area contributed by atoms with E-state index < -0.39 is 0 Å². The molecule has 8 rings (SSSR count). The van der Waals surface area contributed by atoms with Gasteiger partial charge >= 0.3 is 0 Å². The van der Waals surface area contributed by atoms with E-state index in [1.807, 2.05) is 0 Å². The molecule has 3 aliphatic heterocycles. The molecule has 2 bridgehead atoms. The molecule has 1 aliphatic carbocycles. The number of nitrogens with two attached hydrogens (primary N) is 2. The molecule has 0 amide bonds. The van der Waals surface area contributed by atoms with Gasteiger partial charge in [-0.2, -0.15) is 9.67 Å². The minimum Gasteiger partial charge on any atom is -0.370 e. The summed E-state index contributed by atoms with van der Waals surface area (Å²) in [5.74, 6) is 1.96. The third-order valence-electron chi connectivity index (χ3n) is 8.17. The number of piperidine rings is 1. The summed E-state index contributed by atoms with van der Waals surface area (Å²) in [7, 11) is 0. The Morgan fingerprint density at radius 3 is 2.46 bits per heavy atom. The van der Waals surface area contributed by atoms with Crippen molar-refractivity contribution >= 4 is 23.3 Å². The van der Waals surface area contributed by atoms with Crippen LogP contribution in [0.4, 0.5) is 23.3 Å². The van der Waals surface area contributed by atoms with E-state index in [0.717, 1.165) is 63.0 Å². The number of benzene rings is 2. The summed E-state index contributed by atoms with van der Waals surface area (Å²) < 4.78 is 1.66. The highest BCUT2D eigenvalue weighted by Crippen LogP contribution is 2.46. The highest BCUT2D eigenvalue weighted by molar-refractivity contribution is 5.83. The molecule has 2 aromatic heterocycles. The smallest absolute Gasteiger partial charge is 0.248 e. The Bertz CT molecular complexity index is 1450. The maximum absolute atomic E-state index is 6.40. The maximum atomic E-state index is 6.40. The molecule has 5 N–H and O–H groups in total. The minimum absolute atomic E-state index is 0.276. The standard InChI is InChI=1S/C29H32N8/c30-22-9-6-18-8-11-23(16-21(18)7-10-22)32-29-34-28(31)37(35-29)25-17-24(19-4-2-1-3-5-19)27-26(33-25)20-12-14-36(27)15-13-20/h1-5,8,11,16-17,20,22H,6-7,9-10,12-15,30H2,(H3,31,32,34,35)/t22-/m0/s1. The van der Waals surface area contributed by atoms with Crippen molar-refractivity contribution in [2.75, 3.05) is 29.0 Å². The number of fused-ring (bicyclic) bond motifs is 3. The second-order valence-electron chi connectivity index (χ2n) is 10.5. The molecule has 0 saturated carbocycles. The number of aryl methyl sites for hydroxylation is 2. The van der Waals surface area contributed by atoms with Crippen molar-refractivity contribution < 1.29 is 0 Å². The predicted molar refractivity (Wildman–Crippen MR) is 148 cm³/mol. The van der Waals surface area contributed by atoms with Crippen LogP contribution < -0.4 is 21.7 Å². The van der Waals surface area contributed by atoms with Crippen LogP contribution in [0, 0.1) is 0 Å². The van der Waals surface area contributed by atoms with E-state index in [1.54, 1.807) is 4.68 Å². The Balaban J connectivity index is 1.25. The van der Waals surface area contributed by atoms with Gasteiger partial charge in [0.05, 0.1) is 11.4 Å². The number of hydrogen-bond acceptors (Lipinski definition) is 7. The predicted octanol–water partition coefficient (Wildman–Crippen LogP) is 4.56. The first-order chi connectivity index (χ1) is 18.1. The molecule has 4 aliphatic rings. The van der Waals surface area contributed by atoms with E-state index in [2.05, 4.69) is 69.8 Å². The molecule has 8 nitrogen and oxygen atoms in total. The zero-order valence-corrected chi connectivity index (χ0v) is 20.9. The quantitative estimate of drug-likeness (QED) is 0.358. The zero-order chi connectivity index (χ0) is 24.9. The fourth-order valence-corrected chi connectivity index (χ4v) is 6.17. The Hall–Kier alpha value is -3.91. The van der Waals surface area contributed by atoms with Gasteiger partial charge < -0.3 is 21.7 Å². The number of anilines is 4. The van der Waals surface area contributed by atoms with Crippen LogP contribution >= 0.6 is 0 Å². The lowest BCUT2D eigenvalue weighted by Crippen LogP contribution is -2.40. The largest absolute Gasteiger partial charge is 0.370 e. The Labute approximate surface area is 216 Å². The summed E-state index contributed by atoms with van der Waals surface area (Å²) in [5.41, 5.74) is 21.1. The number of nitrogens with one attached hydrogen (secondary N) is 1. The molecule has 8 heteroatoms. The number of aromatic nitrogens is 4. The molecule has 0 unspecified atom stereocenters. The Kier molecular flexibility index (Phi) is 5.35. The van der Waals surface area contributed by atoms with Crippen LogP contribution in [-0.2, 0) is 12.8 Å². The lowest BCUT2D eigenvalue weighted by molar-refractivity contribution is 0.463. The highest BCUT2D eigenvalue weighted by atomic mass is 15.4. The van der Waals surface area contributed by atoms with Gasteiger partial charge in [-0.1, -0.05) is 36.4 Å². The van der Waals surface area contributed by atoms with Crippen LogP contribution in [0.15, 0.2) is 54.6 Å². The molecule has 37 heavy (non-hydrogen) atoms. The highest BCUT2D eigenvalue weighted by Gasteiger charge is 2.35. The summed E-state index contributed by atoms with van der Waals surface area (Å²) in [6, 6.07) is 19.4. The number of nitrogens with zero attached hydrogens (tertiary/aromatic N) is 5. The molecular weight excluding hydrogens is 460 g/mol. The topological polar surface area (TPSA) is 111 Å². The van der Waals surface area contributed by atoms with Crippen LogP contribution in [0.5, 0.6) is 0 Å². The lowest BCUT2D eigenvalue weighted by atomic mass is 9.84.